The average Bonchev–Trinajstić information content (AvgIpc) is 2.88. The first-order chi connectivity index (χ1) is 17.5. The molecule has 188 valence electrons. The maximum Gasteiger partial charge on any atom is 0.271 e. The summed E-state index contributed by atoms with van der Waals surface area (Å²) in [7, 11) is 0. The number of amides is 1. The van der Waals surface area contributed by atoms with Gasteiger partial charge in [0.15, 0.2) is 23.0 Å². The first kappa shape index (κ1) is 26.3. The number of carbonyl (C=O) groups is 1. The summed E-state index contributed by atoms with van der Waals surface area (Å²) < 4.78 is 36.5. The smallest absolute Gasteiger partial charge is 0.271 e. The fourth-order valence-corrected chi connectivity index (χ4v) is 3.18. The van der Waals surface area contributed by atoms with Gasteiger partial charge in [-0.2, -0.15) is 5.10 Å². The van der Waals surface area contributed by atoms with Crippen molar-refractivity contribution in [2.24, 2.45) is 5.10 Å². The Morgan fingerprint density at radius 3 is 2.33 bits per heavy atom. The summed E-state index contributed by atoms with van der Waals surface area (Å²) in [6.45, 7) is 8.57. The van der Waals surface area contributed by atoms with Crippen molar-refractivity contribution in [2.75, 3.05) is 19.8 Å². The van der Waals surface area contributed by atoms with Gasteiger partial charge < -0.3 is 18.9 Å². The predicted molar refractivity (Wildman–Crippen MR) is 137 cm³/mol. The van der Waals surface area contributed by atoms with E-state index < -0.39 is 5.91 Å². The maximum absolute atomic E-state index is 13.9. The predicted octanol–water partition coefficient (Wildman–Crippen LogP) is 5.53. The van der Waals surface area contributed by atoms with Crippen LogP contribution in [0.1, 0.15) is 35.3 Å². The lowest BCUT2D eigenvalue weighted by atomic mass is 10.2. The lowest BCUT2D eigenvalue weighted by molar-refractivity contribution is 0.0954. The van der Waals surface area contributed by atoms with Crippen molar-refractivity contribution in [2.45, 2.75) is 20.5 Å². The molecule has 0 unspecified atom stereocenters. The van der Waals surface area contributed by atoms with Crippen molar-refractivity contribution >= 4 is 12.1 Å². The summed E-state index contributed by atoms with van der Waals surface area (Å²) in [4.78, 5) is 12.6. The zero-order valence-corrected chi connectivity index (χ0v) is 20.3. The Morgan fingerprint density at radius 2 is 1.61 bits per heavy atom. The second kappa shape index (κ2) is 13.5. The molecule has 0 saturated carbocycles. The van der Waals surface area contributed by atoms with Gasteiger partial charge in [-0.3, -0.25) is 4.79 Å². The minimum absolute atomic E-state index is 0.0669. The van der Waals surface area contributed by atoms with Gasteiger partial charge in [0.2, 0.25) is 0 Å². The van der Waals surface area contributed by atoms with Gasteiger partial charge in [0.1, 0.15) is 19.0 Å². The first-order valence-electron chi connectivity index (χ1n) is 11.5. The molecule has 1 N–H and O–H groups in total. The van der Waals surface area contributed by atoms with Crippen LogP contribution < -0.4 is 24.4 Å². The van der Waals surface area contributed by atoms with E-state index >= 15 is 0 Å². The molecule has 0 aliphatic heterocycles. The van der Waals surface area contributed by atoms with Crippen LogP contribution in [0.4, 0.5) is 4.39 Å². The fourth-order valence-electron chi connectivity index (χ4n) is 3.18. The van der Waals surface area contributed by atoms with Gasteiger partial charge in [-0.25, -0.2) is 9.82 Å². The molecule has 0 bridgehead atoms. The Hall–Kier alpha value is -4.33. The van der Waals surface area contributed by atoms with E-state index in [4.69, 9.17) is 18.9 Å². The largest absolute Gasteiger partial charge is 0.490 e. The fraction of sp³-hybridized carbons (Fsp3) is 0.214. The van der Waals surface area contributed by atoms with Gasteiger partial charge in [-0.05, 0) is 61.9 Å². The van der Waals surface area contributed by atoms with Crippen molar-refractivity contribution in [3.05, 3.63) is 95.8 Å². The maximum atomic E-state index is 13.9. The van der Waals surface area contributed by atoms with Crippen LogP contribution in [0.25, 0.3) is 0 Å². The summed E-state index contributed by atoms with van der Waals surface area (Å²) in [5.41, 5.74) is 4.00. The third-order valence-corrected chi connectivity index (χ3v) is 4.85. The summed E-state index contributed by atoms with van der Waals surface area (Å²) in [5, 5.41) is 4.05. The summed E-state index contributed by atoms with van der Waals surface area (Å²) in [5.74, 6) is 1.21. The number of nitrogens with zero attached hydrogens (tertiary/aromatic N) is 1. The number of nitrogens with one attached hydrogen (secondary N) is 1. The molecule has 0 fully saturated rings. The van der Waals surface area contributed by atoms with Crippen LogP contribution in [0.15, 0.2) is 78.4 Å². The molecular weight excluding hydrogens is 463 g/mol. The number of hydrogen-bond acceptors (Lipinski definition) is 6. The molecule has 8 heteroatoms. The van der Waals surface area contributed by atoms with E-state index in [1.807, 2.05) is 13.8 Å². The van der Waals surface area contributed by atoms with Crippen LogP contribution in [0.2, 0.25) is 0 Å². The third-order valence-electron chi connectivity index (χ3n) is 4.85. The van der Waals surface area contributed by atoms with E-state index in [1.54, 1.807) is 60.7 Å². The van der Waals surface area contributed by atoms with E-state index in [9.17, 15) is 9.18 Å². The van der Waals surface area contributed by atoms with Crippen molar-refractivity contribution in [1.29, 1.82) is 0 Å². The van der Waals surface area contributed by atoms with Crippen LogP contribution in [0.3, 0.4) is 0 Å². The normalized spacial score (nSPS) is 10.6. The van der Waals surface area contributed by atoms with Gasteiger partial charge in [0, 0.05) is 11.1 Å². The average molecular weight is 493 g/mol. The zero-order chi connectivity index (χ0) is 25.8. The summed E-state index contributed by atoms with van der Waals surface area (Å²) >= 11 is 0. The van der Waals surface area contributed by atoms with Crippen LogP contribution >= 0.6 is 0 Å². The highest BCUT2D eigenvalue weighted by molar-refractivity contribution is 5.95. The Bertz CT molecular complexity index is 1210. The number of halogens is 1. The molecular formula is C28H29FN2O5. The highest BCUT2D eigenvalue weighted by Gasteiger charge is 2.12. The molecule has 0 spiro atoms. The summed E-state index contributed by atoms with van der Waals surface area (Å²) in [6.07, 6.45) is 3.12. The number of hydrazone groups is 1. The van der Waals surface area contributed by atoms with E-state index in [0.29, 0.717) is 59.5 Å². The molecule has 0 saturated heterocycles. The van der Waals surface area contributed by atoms with Crippen molar-refractivity contribution in [1.82, 2.24) is 5.43 Å². The second-order valence-electron chi connectivity index (χ2n) is 7.41. The first-order valence-corrected chi connectivity index (χ1v) is 11.5. The molecule has 36 heavy (non-hydrogen) atoms. The van der Waals surface area contributed by atoms with Crippen LogP contribution in [-0.4, -0.2) is 31.9 Å². The van der Waals surface area contributed by atoms with Crippen LogP contribution in [0, 0.1) is 5.82 Å². The SMILES string of the molecule is C=CCOc1ccc(C(=O)N/N=C/c2ccc(OCc3ccccc3F)c(OCC)c2)cc1OCC. The van der Waals surface area contributed by atoms with Gasteiger partial charge in [-0.1, -0.05) is 30.9 Å². The highest BCUT2D eigenvalue weighted by atomic mass is 19.1. The van der Waals surface area contributed by atoms with Crippen LogP contribution in [0.5, 0.6) is 23.0 Å². The van der Waals surface area contributed by atoms with Crippen molar-refractivity contribution < 1.29 is 28.1 Å². The highest BCUT2D eigenvalue weighted by Crippen LogP contribution is 2.30. The Morgan fingerprint density at radius 1 is 0.917 bits per heavy atom. The quantitative estimate of drug-likeness (QED) is 0.193. The summed E-state index contributed by atoms with van der Waals surface area (Å²) in [6, 6.07) is 16.5. The van der Waals surface area contributed by atoms with Gasteiger partial charge in [0.25, 0.3) is 5.91 Å². The van der Waals surface area contributed by atoms with Gasteiger partial charge in [0.05, 0.1) is 19.4 Å². The number of hydrogen-bond donors (Lipinski definition) is 1. The van der Waals surface area contributed by atoms with E-state index in [1.165, 1.54) is 12.3 Å². The minimum Gasteiger partial charge on any atom is -0.490 e. The number of rotatable bonds is 13. The molecule has 1 amide bonds. The molecule has 0 aliphatic carbocycles. The molecule has 0 aliphatic rings. The van der Waals surface area contributed by atoms with Crippen molar-refractivity contribution in [3.8, 4) is 23.0 Å². The molecule has 7 nitrogen and oxygen atoms in total. The van der Waals surface area contributed by atoms with E-state index in [0.717, 1.165) is 0 Å². The van der Waals surface area contributed by atoms with Gasteiger partial charge in [-0.15, -0.1) is 0 Å². The lowest BCUT2D eigenvalue weighted by Crippen LogP contribution is -2.17. The van der Waals surface area contributed by atoms with E-state index in [2.05, 4.69) is 17.1 Å². The molecule has 0 radical (unpaired) electrons. The molecule has 3 aromatic carbocycles. The lowest BCUT2D eigenvalue weighted by Gasteiger charge is -2.13. The molecule has 3 aromatic rings. The standard InChI is InChI=1S/C28H29FN2O5/c1-4-15-35-24-14-12-21(17-27(24)34-6-3)28(32)31-30-18-20-11-13-25(26(16-20)33-5-2)36-19-22-9-7-8-10-23(22)29/h4,7-14,16-18H,1,5-6,15,19H2,2-3H3,(H,31,32)/b30-18+. The van der Waals surface area contributed by atoms with Gasteiger partial charge >= 0.3 is 0 Å². The topological polar surface area (TPSA) is 78.4 Å². The van der Waals surface area contributed by atoms with Crippen molar-refractivity contribution in [3.63, 3.8) is 0 Å². The monoisotopic (exact) mass is 492 g/mol. The number of carbonyl (C=O) groups excluding carboxylic acids is 1. The molecule has 0 heterocycles. The Balaban J connectivity index is 1.66. The minimum atomic E-state index is -0.405. The van der Waals surface area contributed by atoms with E-state index in [-0.39, 0.29) is 12.4 Å². The Kier molecular flexibility index (Phi) is 9.88. The number of benzene rings is 3. The molecule has 0 aromatic heterocycles. The number of ether oxygens (including phenoxy) is 4. The third kappa shape index (κ3) is 7.33. The molecule has 0 atom stereocenters. The molecule has 3 rings (SSSR count). The second-order valence-corrected chi connectivity index (χ2v) is 7.41. The van der Waals surface area contributed by atoms with Crippen LogP contribution in [-0.2, 0) is 6.61 Å². The zero-order valence-electron chi connectivity index (χ0n) is 20.3. The Labute approximate surface area is 210 Å².